The molecule has 2 heterocycles. The van der Waals surface area contributed by atoms with Crippen LogP contribution < -0.4 is 5.69 Å². The summed E-state index contributed by atoms with van der Waals surface area (Å²) in [5.41, 5.74) is 1.17. The fourth-order valence-electron chi connectivity index (χ4n) is 1.32. The van der Waals surface area contributed by atoms with Gasteiger partial charge in [0.2, 0.25) is 0 Å². The second kappa shape index (κ2) is 3.42. The standard InChI is InChI=1S/C10H8N4O/c1-14-6-8(4-11)9(13-10(14)15)7-2-3-12-5-7/h2-3,5-6,12H,1H3. The van der Waals surface area contributed by atoms with Gasteiger partial charge in [0.15, 0.2) is 0 Å². The van der Waals surface area contributed by atoms with E-state index < -0.39 is 0 Å². The summed E-state index contributed by atoms with van der Waals surface area (Å²) in [6, 6.07) is 3.78. The van der Waals surface area contributed by atoms with Crippen LogP contribution in [0.25, 0.3) is 11.3 Å². The van der Waals surface area contributed by atoms with E-state index in [-0.39, 0.29) is 5.69 Å². The third-order valence-electron chi connectivity index (χ3n) is 2.08. The van der Waals surface area contributed by atoms with Crippen LogP contribution in [0.15, 0.2) is 29.5 Å². The Hall–Kier alpha value is -2.35. The molecule has 2 rings (SSSR count). The summed E-state index contributed by atoms with van der Waals surface area (Å²) in [5, 5.41) is 8.92. The molecule has 5 heteroatoms. The zero-order chi connectivity index (χ0) is 10.8. The van der Waals surface area contributed by atoms with Crippen molar-refractivity contribution < 1.29 is 0 Å². The van der Waals surface area contributed by atoms with E-state index >= 15 is 0 Å². The van der Waals surface area contributed by atoms with E-state index in [0.29, 0.717) is 11.3 Å². The van der Waals surface area contributed by atoms with Gasteiger partial charge in [-0.05, 0) is 6.07 Å². The SMILES string of the molecule is Cn1cc(C#N)c(-c2cc[nH]c2)nc1=O. The summed E-state index contributed by atoms with van der Waals surface area (Å²) in [6.45, 7) is 0. The van der Waals surface area contributed by atoms with E-state index in [1.165, 1.54) is 10.8 Å². The number of hydrogen-bond donors (Lipinski definition) is 1. The predicted molar refractivity (Wildman–Crippen MR) is 54.0 cm³/mol. The van der Waals surface area contributed by atoms with E-state index in [2.05, 4.69) is 9.97 Å². The van der Waals surface area contributed by atoms with Crippen LogP contribution in [0.4, 0.5) is 0 Å². The molecule has 2 aromatic heterocycles. The van der Waals surface area contributed by atoms with Crippen molar-refractivity contribution in [3.8, 4) is 17.3 Å². The van der Waals surface area contributed by atoms with Crippen molar-refractivity contribution in [1.29, 1.82) is 5.26 Å². The normalized spacial score (nSPS) is 9.87. The van der Waals surface area contributed by atoms with Gasteiger partial charge in [-0.2, -0.15) is 10.2 Å². The molecule has 0 spiro atoms. The Morgan fingerprint density at radius 3 is 3.00 bits per heavy atom. The Balaban J connectivity index is 2.72. The highest BCUT2D eigenvalue weighted by Gasteiger charge is 2.09. The molecular formula is C10H8N4O. The molecule has 5 nitrogen and oxygen atoms in total. The highest BCUT2D eigenvalue weighted by molar-refractivity contribution is 5.64. The van der Waals surface area contributed by atoms with Gasteiger partial charge in [-0.15, -0.1) is 0 Å². The van der Waals surface area contributed by atoms with Crippen molar-refractivity contribution in [2.75, 3.05) is 0 Å². The fourth-order valence-corrected chi connectivity index (χ4v) is 1.32. The zero-order valence-electron chi connectivity index (χ0n) is 8.06. The molecule has 0 atom stereocenters. The maximum absolute atomic E-state index is 11.3. The van der Waals surface area contributed by atoms with E-state index in [0.717, 1.165) is 5.56 Å². The molecule has 0 saturated carbocycles. The highest BCUT2D eigenvalue weighted by Crippen LogP contribution is 2.17. The van der Waals surface area contributed by atoms with Gasteiger partial charge in [0.1, 0.15) is 6.07 Å². The molecule has 0 radical (unpaired) electrons. The van der Waals surface area contributed by atoms with Crippen LogP contribution in [0.5, 0.6) is 0 Å². The lowest BCUT2D eigenvalue weighted by molar-refractivity contribution is 0.809. The zero-order valence-corrected chi connectivity index (χ0v) is 8.06. The maximum Gasteiger partial charge on any atom is 0.347 e. The van der Waals surface area contributed by atoms with Crippen LogP contribution in [-0.4, -0.2) is 14.5 Å². The monoisotopic (exact) mass is 200 g/mol. The van der Waals surface area contributed by atoms with Crippen LogP contribution in [0, 0.1) is 11.3 Å². The lowest BCUT2D eigenvalue weighted by Gasteiger charge is -2.01. The number of aromatic amines is 1. The average Bonchev–Trinajstić information content (AvgIpc) is 2.74. The molecule has 0 aliphatic rings. The van der Waals surface area contributed by atoms with Crippen molar-refractivity contribution in [3.63, 3.8) is 0 Å². The number of nitrogens with one attached hydrogen (secondary N) is 1. The minimum atomic E-state index is -0.370. The van der Waals surface area contributed by atoms with Gasteiger partial charge in [0, 0.05) is 31.2 Å². The molecule has 0 aliphatic heterocycles. The van der Waals surface area contributed by atoms with Crippen molar-refractivity contribution in [3.05, 3.63) is 40.7 Å². The van der Waals surface area contributed by atoms with E-state index in [4.69, 9.17) is 5.26 Å². The molecule has 1 N–H and O–H groups in total. The molecule has 0 unspecified atom stereocenters. The van der Waals surface area contributed by atoms with E-state index in [9.17, 15) is 4.79 Å². The summed E-state index contributed by atoms with van der Waals surface area (Å²) < 4.78 is 1.29. The predicted octanol–water partition coefficient (Wildman–Crippen LogP) is 0.647. The molecule has 0 aliphatic carbocycles. The smallest absolute Gasteiger partial charge is 0.347 e. The largest absolute Gasteiger partial charge is 0.367 e. The second-order valence-electron chi connectivity index (χ2n) is 3.11. The number of aromatic nitrogens is 3. The van der Waals surface area contributed by atoms with Gasteiger partial charge < -0.3 is 9.55 Å². The first-order valence-corrected chi connectivity index (χ1v) is 4.33. The molecular weight excluding hydrogens is 192 g/mol. The van der Waals surface area contributed by atoms with E-state index in [1.807, 2.05) is 6.07 Å². The summed E-state index contributed by atoms with van der Waals surface area (Å²) in [6.07, 6.45) is 4.90. The first kappa shape index (κ1) is 9.21. The van der Waals surface area contributed by atoms with Crippen LogP contribution in [-0.2, 0) is 7.05 Å². The molecule has 0 bridgehead atoms. The Kier molecular flexibility index (Phi) is 2.10. The second-order valence-corrected chi connectivity index (χ2v) is 3.11. The van der Waals surface area contributed by atoms with Crippen molar-refractivity contribution in [2.45, 2.75) is 0 Å². The van der Waals surface area contributed by atoms with E-state index in [1.54, 1.807) is 25.5 Å². The van der Waals surface area contributed by atoms with Crippen molar-refractivity contribution in [2.24, 2.45) is 7.05 Å². The van der Waals surface area contributed by atoms with Crippen LogP contribution >= 0.6 is 0 Å². The molecule has 74 valence electrons. The number of aryl methyl sites for hydroxylation is 1. The summed E-state index contributed by atoms with van der Waals surface area (Å²) in [4.78, 5) is 18.0. The van der Waals surface area contributed by atoms with Crippen LogP contribution in [0.3, 0.4) is 0 Å². The quantitative estimate of drug-likeness (QED) is 0.734. The topological polar surface area (TPSA) is 74.5 Å². The van der Waals surface area contributed by atoms with Gasteiger partial charge in [0.05, 0.1) is 11.3 Å². The number of rotatable bonds is 1. The van der Waals surface area contributed by atoms with Crippen molar-refractivity contribution >= 4 is 0 Å². The Labute approximate surface area is 85.6 Å². The molecule has 0 aromatic carbocycles. The maximum atomic E-state index is 11.3. The summed E-state index contributed by atoms with van der Waals surface area (Å²) in [5.74, 6) is 0. The van der Waals surface area contributed by atoms with Crippen LogP contribution in [0.2, 0.25) is 0 Å². The molecule has 2 aromatic rings. The molecule has 0 saturated heterocycles. The molecule has 15 heavy (non-hydrogen) atoms. The van der Waals surface area contributed by atoms with Crippen LogP contribution in [0.1, 0.15) is 5.56 Å². The van der Waals surface area contributed by atoms with Gasteiger partial charge in [0.25, 0.3) is 0 Å². The van der Waals surface area contributed by atoms with Crippen molar-refractivity contribution in [1.82, 2.24) is 14.5 Å². The van der Waals surface area contributed by atoms with Gasteiger partial charge >= 0.3 is 5.69 Å². The minimum Gasteiger partial charge on any atom is -0.367 e. The first-order valence-electron chi connectivity index (χ1n) is 4.33. The Morgan fingerprint density at radius 1 is 1.60 bits per heavy atom. The highest BCUT2D eigenvalue weighted by atomic mass is 16.1. The fraction of sp³-hybridized carbons (Fsp3) is 0.100. The third kappa shape index (κ3) is 1.53. The average molecular weight is 200 g/mol. The summed E-state index contributed by atoms with van der Waals surface area (Å²) in [7, 11) is 1.57. The number of nitriles is 1. The Bertz CT molecular complexity index is 574. The number of H-pyrrole nitrogens is 1. The summed E-state index contributed by atoms with van der Waals surface area (Å²) >= 11 is 0. The number of nitrogens with zero attached hydrogens (tertiary/aromatic N) is 3. The van der Waals surface area contributed by atoms with Gasteiger partial charge in [-0.3, -0.25) is 0 Å². The lowest BCUT2D eigenvalue weighted by atomic mass is 10.1. The first-order chi connectivity index (χ1) is 7.22. The molecule has 0 fully saturated rings. The third-order valence-corrected chi connectivity index (χ3v) is 2.08. The minimum absolute atomic E-state index is 0.370. The number of hydrogen-bond acceptors (Lipinski definition) is 3. The Morgan fingerprint density at radius 2 is 2.40 bits per heavy atom. The lowest BCUT2D eigenvalue weighted by Crippen LogP contribution is -2.20. The van der Waals surface area contributed by atoms with Gasteiger partial charge in [-0.25, -0.2) is 4.79 Å². The molecule has 0 amide bonds. The van der Waals surface area contributed by atoms with Gasteiger partial charge in [-0.1, -0.05) is 0 Å².